The number of hydrogen-bond acceptors (Lipinski definition) is 7. The number of nitro benzene ring substituents is 1. The van der Waals surface area contributed by atoms with Gasteiger partial charge in [-0.05, 0) is 23.8 Å². The summed E-state index contributed by atoms with van der Waals surface area (Å²) in [4.78, 5) is 41.8. The summed E-state index contributed by atoms with van der Waals surface area (Å²) in [6, 6.07) is 13.1. The highest BCUT2D eigenvalue weighted by atomic mass is 32.1. The van der Waals surface area contributed by atoms with Gasteiger partial charge < -0.3 is 4.74 Å². The van der Waals surface area contributed by atoms with Gasteiger partial charge in [-0.3, -0.25) is 19.8 Å². The predicted molar refractivity (Wildman–Crippen MR) is 116 cm³/mol. The third kappa shape index (κ3) is 4.08. The Labute approximate surface area is 181 Å². The van der Waals surface area contributed by atoms with Crippen molar-refractivity contribution >= 4 is 34.0 Å². The number of nitro groups is 1. The molecule has 3 aromatic rings. The molecular weight excluding hydrogens is 418 g/mol. The van der Waals surface area contributed by atoms with E-state index in [9.17, 15) is 19.7 Å². The lowest BCUT2D eigenvalue weighted by Crippen LogP contribution is -2.44. The third-order valence-corrected chi connectivity index (χ3v) is 5.71. The Morgan fingerprint density at radius 2 is 2.03 bits per heavy atom. The fourth-order valence-electron chi connectivity index (χ4n) is 3.31. The Morgan fingerprint density at radius 1 is 1.29 bits per heavy atom. The molecule has 1 aliphatic heterocycles. The normalized spacial score (nSPS) is 15.0. The molecule has 2 aromatic carbocycles. The molecule has 0 saturated carbocycles. The second kappa shape index (κ2) is 8.49. The molecule has 0 N–H and O–H groups in total. The number of ether oxygens (including phenoxy) is 1. The quantitative estimate of drug-likeness (QED) is 0.251. The number of amides is 1. The van der Waals surface area contributed by atoms with Crippen LogP contribution in [0.1, 0.15) is 15.9 Å². The second-order valence-corrected chi connectivity index (χ2v) is 7.65. The van der Waals surface area contributed by atoms with E-state index < -0.39 is 17.0 Å². The topological polar surface area (TPSA) is 103 Å². The van der Waals surface area contributed by atoms with E-state index in [4.69, 9.17) is 4.74 Å². The molecule has 1 aromatic heterocycles. The number of non-ortho nitro benzene ring substituents is 1. The Hall–Kier alpha value is -3.85. The standard InChI is InChI=1S/C22H17N3O5S/c1-2-11-24(20(26)19-12-15-5-3-4-6-17(15)21(27)30-19)22-23-18(13-31-22)14-7-9-16(10-8-14)25(28)29/h2-10,13,19H,1,11-12H2/t19-/m0/s1. The van der Waals surface area contributed by atoms with Gasteiger partial charge >= 0.3 is 5.97 Å². The van der Waals surface area contributed by atoms with Gasteiger partial charge in [0.05, 0.1) is 16.2 Å². The summed E-state index contributed by atoms with van der Waals surface area (Å²) in [6.07, 6.45) is 0.910. The van der Waals surface area contributed by atoms with E-state index in [1.807, 2.05) is 12.1 Å². The maximum atomic E-state index is 13.2. The number of cyclic esters (lactones) is 1. The lowest BCUT2D eigenvalue weighted by atomic mass is 9.98. The van der Waals surface area contributed by atoms with Gasteiger partial charge in [0.15, 0.2) is 11.2 Å². The Morgan fingerprint density at radius 3 is 2.74 bits per heavy atom. The summed E-state index contributed by atoms with van der Waals surface area (Å²) in [5.74, 6) is -0.906. The molecule has 0 radical (unpaired) electrons. The van der Waals surface area contributed by atoms with Crippen LogP contribution in [0.15, 0.2) is 66.6 Å². The molecule has 1 aliphatic rings. The minimum absolute atomic E-state index is 0.0120. The van der Waals surface area contributed by atoms with E-state index in [0.29, 0.717) is 22.0 Å². The Kier molecular flexibility index (Phi) is 5.59. The van der Waals surface area contributed by atoms with Gasteiger partial charge in [-0.15, -0.1) is 17.9 Å². The second-order valence-electron chi connectivity index (χ2n) is 6.81. The molecule has 31 heavy (non-hydrogen) atoms. The van der Waals surface area contributed by atoms with Crippen molar-refractivity contribution in [1.82, 2.24) is 4.98 Å². The molecule has 0 fully saturated rings. The van der Waals surface area contributed by atoms with Crippen molar-refractivity contribution in [3.8, 4) is 11.3 Å². The number of benzene rings is 2. The molecule has 4 rings (SSSR count). The summed E-state index contributed by atoms with van der Waals surface area (Å²) < 4.78 is 5.40. The van der Waals surface area contributed by atoms with Gasteiger partial charge in [0, 0.05) is 36.0 Å². The van der Waals surface area contributed by atoms with Gasteiger partial charge in [0.1, 0.15) is 0 Å². The third-order valence-electron chi connectivity index (χ3n) is 4.84. The van der Waals surface area contributed by atoms with Crippen LogP contribution in [0.4, 0.5) is 10.8 Å². The number of anilines is 1. The highest BCUT2D eigenvalue weighted by molar-refractivity contribution is 7.14. The van der Waals surface area contributed by atoms with Gasteiger partial charge in [-0.2, -0.15) is 0 Å². The SMILES string of the molecule is C=CCN(C(=O)[C@@H]1Cc2ccccc2C(=O)O1)c1nc(-c2ccc([N+](=O)[O-])cc2)cs1. The average molecular weight is 435 g/mol. The van der Waals surface area contributed by atoms with Crippen LogP contribution < -0.4 is 4.90 Å². The number of carbonyl (C=O) groups excluding carboxylic acids is 2. The van der Waals surface area contributed by atoms with Crippen molar-refractivity contribution in [3.05, 3.63) is 87.8 Å². The van der Waals surface area contributed by atoms with Crippen molar-refractivity contribution in [1.29, 1.82) is 0 Å². The van der Waals surface area contributed by atoms with Crippen LogP contribution in [0.3, 0.4) is 0 Å². The number of fused-ring (bicyclic) bond motifs is 1. The fraction of sp³-hybridized carbons (Fsp3) is 0.136. The number of carbonyl (C=O) groups is 2. The number of rotatable bonds is 6. The lowest BCUT2D eigenvalue weighted by molar-refractivity contribution is -0.384. The molecule has 9 heteroatoms. The van der Waals surface area contributed by atoms with E-state index in [1.54, 1.807) is 35.7 Å². The molecule has 2 heterocycles. The first-order chi connectivity index (χ1) is 15.0. The average Bonchev–Trinajstić information content (AvgIpc) is 3.27. The van der Waals surface area contributed by atoms with Crippen LogP contribution in [0, 0.1) is 10.1 Å². The molecule has 0 bridgehead atoms. The predicted octanol–water partition coefficient (Wildman–Crippen LogP) is 4.02. The van der Waals surface area contributed by atoms with Gasteiger partial charge in [0.2, 0.25) is 0 Å². The molecule has 0 aliphatic carbocycles. The van der Waals surface area contributed by atoms with Gasteiger partial charge in [0.25, 0.3) is 11.6 Å². The Balaban J connectivity index is 1.58. The van der Waals surface area contributed by atoms with Crippen molar-refractivity contribution < 1.29 is 19.2 Å². The minimum Gasteiger partial charge on any atom is -0.448 e. The monoisotopic (exact) mass is 435 g/mol. The Bertz CT molecular complexity index is 1170. The van der Waals surface area contributed by atoms with Crippen LogP contribution in [0.5, 0.6) is 0 Å². The number of esters is 1. The van der Waals surface area contributed by atoms with Crippen LogP contribution in [-0.4, -0.2) is 34.4 Å². The van der Waals surface area contributed by atoms with Crippen molar-refractivity contribution in [3.63, 3.8) is 0 Å². The first-order valence-electron chi connectivity index (χ1n) is 9.39. The number of nitrogens with zero attached hydrogens (tertiary/aromatic N) is 3. The summed E-state index contributed by atoms with van der Waals surface area (Å²) in [7, 11) is 0. The van der Waals surface area contributed by atoms with Crippen molar-refractivity contribution in [2.45, 2.75) is 12.5 Å². The molecular formula is C22H17N3O5S. The van der Waals surface area contributed by atoms with Crippen LogP contribution in [0.25, 0.3) is 11.3 Å². The largest absolute Gasteiger partial charge is 0.448 e. The molecule has 0 spiro atoms. The van der Waals surface area contributed by atoms with Crippen molar-refractivity contribution in [2.75, 3.05) is 11.4 Å². The highest BCUT2D eigenvalue weighted by Gasteiger charge is 2.35. The molecule has 0 unspecified atom stereocenters. The molecule has 8 nitrogen and oxygen atoms in total. The van der Waals surface area contributed by atoms with Crippen LogP contribution in [0.2, 0.25) is 0 Å². The molecule has 1 atom stereocenters. The maximum absolute atomic E-state index is 13.2. The van der Waals surface area contributed by atoms with Gasteiger partial charge in [-0.25, -0.2) is 9.78 Å². The van der Waals surface area contributed by atoms with Crippen molar-refractivity contribution in [2.24, 2.45) is 0 Å². The van der Waals surface area contributed by atoms with Gasteiger partial charge in [-0.1, -0.05) is 24.3 Å². The van der Waals surface area contributed by atoms with Crippen LogP contribution >= 0.6 is 11.3 Å². The van der Waals surface area contributed by atoms with E-state index in [0.717, 1.165) is 5.56 Å². The molecule has 156 valence electrons. The zero-order chi connectivity index (χ0) is 22.0. The summed E-state index contributed by atoms with van der Waals surface area (Å²) in [5, 5.41) is 13.0. The first kappa shape index (κ1) is 20.4. The smallest absolute Gasteiger partial charge is 0.339 e. The highest BCUT2D eigenvalue weighted by Crippen LogP contribution is 2.30. The summed E-state index contributed by atoms with van der Waals surface area (Å²) >= 11 is 1.25. The van der Waals surface area contributed by atoms with E-state index in [1.165, 1.54) is 28.4 Å². The minimum atomic E-state index is -0.950. The first-order valence-corrected chi connectivity index (χ1v) is 10.3. The van der Waals surface area contributed by atoms with E-state index in [2.05, 4.69) is 11.6 Å². The van der Waals surface area contributed by atoms with Crippen LogP contribution in [-0.2, 0) is 16.0 Å². The van der Waals surface area contributed by atoms with E-state index >= 15 is 0 Å². The maximum Gasteiger partial charge on any atom is 0.339 e. The zero-order valence-corrected chi connectivity index (χ0v) is 17.1. The lowest BCUT2D eigenvalue weighted by Gasteiger charge is -2.28. The zero-order valence-electron chi connectivity index (χ0n) is 16.3. The number of thiazole rings is 1. The number of hydrogen-bond donors (Lipinski definition) is 0. The fourth-order valence-corrected chi connectivity index (χ4v) is 4.16. The molecule has 1 amide bonds. The molecule has 0 saturated heterocycles. The summed E-state index contributed by atoms with van der Waals surface area (Å²) in [5.41, 5.74) is 2.50. The summed E-state index contributed by atoms with van der Waals surface area (Å²) in [6.45, 7) is 3.90. The van der Waals surface area contributed by atoms with E-state index in [-0.39, 0.29) is 24.6 Å². The number of aromatic nitrogens is 1.